The number of hydrogen-bond acceptors (Lipinski definition) is 6. The lowest BCUT2D eigenvalue weighted by atomic mass is 10.0. The van der Waals surface area contributed by atoms with Gasteiger partial charge in [0.25, 0.3) is 11.8 Å². The highest BCUT2D eigenvalue weighted by molar-refractivity contribution is 7.13. The van der Waals surface area contributed by atoms with Crippen LogP contribution in [0.1, 0.15) is 38.7 Å². The number of carbonyl (C=O) groups excluding carboxylic acids is 2. The molecule has 1 aliphatic rings. The van der Waals surface area contributed by atoms with Crippen LogP contribution in [-0.4, -0.2) is 33.8 Å². The number of aromatic nitrogens is 2. The van der Waals surface area contributed by atoms with Gasteiger partial charge in [-0.1, -0.05) is 17.9 Å². The Hall–Kier alpha value is -4.55. The van der Waals surface area contributed by atoms with E-state index in [1.54, 1.807) is 36.1 Å². The summed E-state index contributed by atoms with van der Waals surface area (Å²) in [4.78, 5) is 36.6. The molecule has 1 unspecified atom stereocenters. The first-order chi connectivity index (χ1) is 17.5. The fourth-order valence-electron chi connectivity index (χ4n) is 4.02. The monoisotopic (exact) mass is 498 g/mol. The van der Waals surface area contributed by atoms with E-state index in [2.05, 4.69) is 27.1 Å². The Morgan fingerprint density at radius 3 is 2.78 bits per heavy atom. The third kappa shape index (κ3) is 4.67. The zero-order valence-corrected chi connectivity index (χ0v) is 19.9. The highest BCUT2D eigenvalue weighted by atomic mass is 32.1. The summed E-state index contributed by atoms with van der Waals surface area (Å²) in [6, 6.07) is 11.7. The molecular formula is C27H19FN4O3S. The topological polar surface area (TPSA) is 84.4 Å². The Bertz CT molecular complexity index is 1500. The molecular weight excluding hydrogens is 479 g/mol. The van der Waals surface area contributed by atoms with Gasteiger partial charge in [0.05, 0.1) is 7.11 Å². The minimum Gasteiger partial charge on any atom is -0.496 e. The van der Waals surface area contributed by atoms with Crippen molar-refractivity contribution in [2.24, 2.45) is 0 Å². The summed E-state index contributed by atoms with van der Waals surface area (Å²) in [6.45, 7) is 0.167. The van der Waals surface area contributed by atoms with E-state index in [1.807, 2.05) is 18.2 Å². The van der Waals surface area contributed by atoms with Crippen LogP contribution in [-0.2, 0) is 11.3 Å². The Morgan fingerprint density at radius 1 is 1.17 bits per heavy atom. The lowest BCUT2D eigenvalue weighted by Crippen LogP contribution is -2.37. The summed E-state index contributed by atoms with van der Waals surface area (Å²) in [6.07, 6.45) is 4.89. The molecule has 36 heavy (non-hydrogen) atoms. The molecule has 1 aliphatic heterocycles. The highest BCUT2D eigenvalue weighted by Crippen LogP contribution is 2.37. The first-order valence-electron chi connectivity index (χ1n) is 10.9. The fraction of sp³-hybridized carbons (Fsp3) is 0.111. The summed E-state index contributed by atoms with van der Waals surface area (Å²) in [5.41, 5.74) is 2.83. The number of benzene rings is 2. The van der Waals surface area contributed by atoms with Crippen LogP contribution < -0.4 is 10.1 Å². The van der Waals surface area contributed by atoms with Crippen LogP contribution in [0.15, 0.2) is 72.5 Å². The normalized spacial score (nSPS) is 12.9. The van der Waals surface area contributed by atoms with Crippen molar-refractivity contribution in [1.29, 1.82) is 0 Å². The number of hydrogen-bond donors (Lipinski definition) is 1. The molecule has 2 aromatic carbocycles. The molecule has 0 spiro atoms. The van der Waals surface area contributed by atoms with Crippen molar-refractivity contribution < 1.29 is 18.7 Å². The molecule has 0 radical (unpaired) electrons. The maximum Gasteiger partial charge on any atom is 0.255 e. The van der Waals surface area contributed by atoms with Gasteiger partial charge in [-0.05, 0) is 48.0 Å². The molecule has 2 aromatic heterocycles. The van der Waals surface area contributed by atoms with E-state index in [9.17, 15) is 14.0 Å². The van der Waals surface area contributed by atoms with Gasteiger partial charge in [0.2, 0.25) is 0 Å². The largest absolute Gasteiger partial charge is 0.496 e. The molecule has 0 fully saturated rings. The molecule has 9 heteroatoms. The minimum atomic E-state index is -1.15. The van der Waals surface area contributed by atoms with Gasteiger partial charge in [-0.25, -0.2) is 9.37 Å². The van der Waals surface area contributed by atoms with E-state index in [1.165, 1.54) is 41.5 Å². The van der Waals surface area contributed by atoms with E-state index < -0.39 is 17.8 Å². The van der Waals surface area contributed by atoms with Crippen molar-refractivity contribution in [3.05, 3.63) is 106 Å². The SMILES string of the molecule is COc1ccc(F)cc1C(C(=O)Nc1nccs1)N1Cc2ccc(C#Cc3cccnc3)cc2C1=O. The fourth-order valence-corrected chi connectivity index (χ4v) is 4.55. The molecule has 2 amide bonds. The molecule has 1 N–H and O–H groups in total. The molecule has 0 bridgehead atoms. The van der Waals surface area contributed by atoms with Crippen LogP contribution in [0.25, 0.3) is 0 Å². The molecule has 0 saturated heterocycles. The zero-order valence-electron chi connectivity index (χ0n) is 19.1. The molecule has 7 nitrogen and oxygen atoms in total. The summed E-state index contributed by atoms with van der Waals surface area (Å²) in [7, 11) is 1.43. The zero-order chi connectivity index (χ0) is 25.1. The number of nitrogens with zero attached hydrogens (tertiary/aromatic N) is 3. The third-order valence-electron chi connectivity index (χ3n) is 5.66. The van der Waals surface area contributed by atoms with Crippen molar-refractivity contribution in [3.63, 3.8) is 0 Å². The van der Waals surface area contributed by atoms with Gasteiger partial charge in [-0.2, -0.15) is 0 Å². The molecule has 5 rings (SSSR count). The third-order valence-corrected chi connectivity index (χ3v) is 6.35. The molecule has 3 heterocycles. The van der Waals surface area contributed by atoms with Gasteiger partial charge in [-0.15, -0.1) is 11.3 Å². The maximum atomic E-state index is 14.3. The Balaban J connectivity index is 1.50. The average molecular weight is 499 g/mol. The molecule has 178 valence electrons. The quantitative estimate of drug-likeness (QED) is 0.412. The van der Waals surface area contributed by atoms with Crippen molar-refractivity contribution >= 4 is 28.3 Å². The number of halogens is 1. The number of thiazole rings is 1. The van der Waals surface area contributed by atoms with Crippen molar-refractivity contribution in [2.75, 3.05) is 12.4 Å². The lowest BCUT2D eigenvalue weighted by Gasteiger charge is -2.28. The van der Waals surface area contributed by atoms with E-state index in [-0.39, 0.29) is 18.0 Å². The van der Waals surface area contributed by atoms with Gasteiger partial charge in [0.15, 0.2) is 5.13 Å². The van der Waals surface area contributed by atoms with Crippen LogP contribution in [0.4, 0.5) is 9.52 Å². The van der Waals surface area contributed by atoms with Crippen molar-refractivity contribution in [1.82, 2.24) is 14.9 Å². The van der Waals surface area contributed by atoms with Crippen LogP contribution in [0, 0.1) is 17.7 Å². The average Bonchev–Trinajstić information content (AvgIpc) is 3.52. The van der Waals surface area contributed by atoms with E-state index in [0.717, 1.165) is 11.1 Å². The number of nitrogens with one attached hydrogen (secondary N) is 1. The number of amides is 2. The predicted molar refractivity (Wildman–Crippen MR) is 133 cm³/mol. The molecule has 1 atom stereocenters. The Labute approximate surface area is 210 Å². The summed E-state index contributed by atoms with van der Waals surface area (Å²) in [5.74, 6) is 4.94. The Kier molecular flexibility index (Phi) is 6.43. The van der Waals surface area contributed by atoms with Crippen LogP contribution in [0.3, 0.4) is 0 Å². The number of methoxy groups -OCH3 is 1. The van der Waals surface area contributed by atoms with Gasteiger partial charge in [-0.3, -0.25) is 19.9 Å². The molecule has 0 aliphatic carbocycles. The van der Waals surface area contributed by atoms with Gasteiger partial charge in [0.1, 0.15) is 17.6 Å². The first kappa shape index (κ1) is 23.2. The van der Waals surface area contributed by atoms with E-state index in [4.69, 9.17) is 4.74 Å². The predicted octanol–water partition coefficient (Wildman–Crippen LogP) is 4.42. The van der Waals surface area contributed by atoms with Crippen molar-refractivity contribution in [3.8, 4) is 17.6 Å². The number of pyridine rings is 1. The van der Waals surface area contributed by atoms with Gasteiger partial charge < -0.3 is 9.64 Å². The maximum absolute atomic E-state index is 14.3. The second-order valence-electron chi connectivity index (χ2n) is 7.91. The van der Waals surface area contributed by atoms with Crippen LogP contribution in [0.2, 0.25) is 0 Å². The van der Waals surface area contributed by atoms with Crippen LogP contribution >= 0.6 is 11.3 Å². The second kappa shape index (κ2) is 9.98. The lowest BCUT2D eigenvalue weighted by molar-refractivity contribution is -0.120. The number of ether oxygens (including phenoxy) is 1. The highest BCUT2D eigenvalue weighted by Gasteiger charge is 2.39. The first-order valence-corrected chi connectivity index (χ1v) is 11.8. The standard InChI is InChI=1S/C27H19FN4O3S/c1-35-23-9-8-20(28)14-22(23)24(25(33)31-27-30-11-12-36-27)32-16-19-7-6-17(13-21(19)26(32)34)4-5-18-3-2-10-29-15-18/h2-3,6-15,24H,16H2,1H3,(H,30,31,33). The number of fused-ring (bicyclic) bond motifs is 1. The molecule has 0 saturated carbocycles. The van der Waals surface area contributed by atoms with Crippen LogP contribution in [0.5, 0.6) is 5.75 Å². The number of carbonyl (C=O) groups is 2. The minimum absolute atomic E-state index is 0.167. The van der Waals surface area contributed by atoms with E-state index in [0.29, 0.717) is 22.0 Å². The summed E-state index contributed by atoms with van der Waals surface area (Å²) >= 11 is 1.24. The second-order valence-corrected chi connectivity index (χ2v) is 8.81. The number of rotatable bonds is 5. The Morgan fingerprint density at radius 2 is 2.03 bits per heavy atom. The van der Waals surface area contributed by atoms with Gasteiger partial charge >= 0.3 is 0 Å². The summed E-state index contributed by atoms with van der Waals surface area (Å²) < 4.78 is 19.7. The molecule has 4 aromatic rings. The van der Waals surface area contributed by atoms with Crippen molar-refractivity contribution in [2.45, 2.75) is 12.6 Å². The van der Waals surface area contributed by atoms with E-state index >= 15 is 0 Å². The van der Waals surface area contributed by atoms with Gasteiger partial charge in [0, 0.05) is 52.8 Å². The smallest absolute Gasteiger partial charge is 0.255 e. The summed E-state index contributed by atoms with van der Waals surface area (Å²) in [5, 5.41) is 4.83. The number of anilines is 1.